The van der Waals surface area contributed by atoms with Gasteiger partial charge in [-0.25, -0.2) is 4.98 Å². The summed E-state index contributed by atoms with van der Waals surface area (Å²) in [5, 5.41) is 11.2. The van der Waals surface area contributed by atoms with Gasteiger partial charge in [-0.1, -0.05) is 12.1 Å². The molecule has 8 nitrogen and oxygen atoms in total. The Hall–Kier alpha value is -4.59. The monoisotopic (exact) mass is 475 g/mol. The number of hydrogen-bond acceptors (Lipinski definition) is 6. The van der Waals surface area contributed by atoms with Crippen LogP contribution in [0.25, 0.3) is 17.0 Å². The molecule has 6 rings (SSSR count). The number of rotatable bonds is 8. The highest BCUT2D eigenvalue weighted by molar-refractivity contribution is 5.94. The van der Waals surface area contributed by atoms with E-state index in [0.717, 1.165) is 39.9 Å². The number of aromatic nitrogens is 5. The van der Waals surface area contributed by atoms with E-state index in [1.807, 2.05) is 71.2 Å². The minimum absolute atomic E-state index is 0.109. The van der Waals surface area contributed by atoms with Crippen LogP contribution in [-0.2, 0) is 6.42 Å². The number of hydrogen-bond donors (Lipinski definition) is 2. The van der Waals surface area contributed by atoms with Crippen molar-refractivity contribution < 1.29 is 4.79 Å². The highest BCUT2D eigenvalue weighted by atomic mass is 16.1. The van der Waals surface area contributed by atoms with E-state index in [-0.39, 0.29) is 5.91 Å². The maximum atomic E-state index is 12.6. The fourth-order valence-corrected chi connectivity index (χ4v) is 4.11. The molecule has 0 aliphatic heterocycles. The van der Waals surface area contributed by atoms with Crippen molar-refractivity contribution >= 4 is 23.1 Å². The highest BCUT2D eigenvalue weighted by Crippen LogP contribution is 2.40. The third-order valence-corrected chi connectivity index (χ3v) is 6.18. The number of nitrogens with zero attached hydrogens (tertiary/aromatic N) is 5. The molecule has 1 fully saturated rings. The van der Waals surface area contributed by atoms with E-state index in [2.05, 4.69) is 26.7 Å². The van der Waals surface area contributed by atoms with Gasteiger partial charge in [-0.3, -0.25) is 14.8 Å². The number of carbonyl (C=O) groups is 1. The molecule has 1 aliphatic rings. The summed E-state index contributed by atoms with van der Waals surface area (Å²) in [7, 11) is 0. The van der Waals surface area contributed by atoms with E-state index < -0.39 is 0 Å². The fraction of sp³-hybridized carbons (Fsp3) is 0.179. The zero-order chi connectivity index (χ0) is 24.3. The molecule has 1 aliphatic carbocycles. The van der Waals surface area contributed by atoms with Crippen LogP contribution in [0.4, 0.5) is 11.5 Å². The van der Waals surface area contributed by atoms with Crippen LogP contribution in [-0.4, -0.2) is 37.0 Å². The molecule has 8 heteroatoms. The zero-order valence-electron chi connectivity index (χ0n) is 19.6. The largest absolute Gasteiger partial charge is 0.352 e. The molecule has 0 saturated heterocycles. The smallest absolute Gasteiger partial charge is 0.251 e. The molecule has 2 N–H and O–H groups in total. The molecule has 1 saturated carbocycles. The predicted molar refractivity (Wildman–Crippen MR) is 138 cm³/mol. The van der Waals surface area contributed by atoms with Gasteiger partial charge in [0.25, 0.3) is 5.91 Å². The van der Waals surface area contributed by atoms with Gasteiger partial charge in [0.1, 0.15) is 5.82 Å². The van der Waals surface area contributed by atoms with Gasteiger partial charge in [0, 0.05) is 60.4 Å². The number of pyridine rings is 2. The van der Waals surface area contributed by atoms with Crippen LogP contribution < -0.4 is 10.6 Å². The lowest BCUT2D eigenvalue weighted by molar-refractivity contribution is 0.0954. The summed E-state index contributed by atoms with van der Waals surface area (Å²) in [5.74, 6) is 1.20. The minimum Gasteiger partial charge on any atom is -0.352 e. The van der Waals surface area contributed by atoms with Crippen molar-refractivity contribution in [3.63, 3.8) is 0 Å². The first kappa shape index (κ1) is 21.9. The Morgan fingerprint density at radius 2 is 1.72 bits per heavy atom. The summed E-state index contributed by atoms with van der Waals surface area (Å²) in [4.78, 5) is 26.1. The molecule has 178 valence electrons. The summed E-state index contributed by atoms with van der Waals surface area (Å²) >= 11 is 0. The van der Waals surface area contributed by atoms with Gasteiger partial charge in [-0.15, -0.1) is 0 Å². The Morgan fingerprint density at radius 3 is 2.44 bits per heavy atom. The number of nitrogens with one attached hydrogen (secondary N) is 2. The van der Waals surface area contributed by atoms with Crippen molar-refractivity contribution in [2.24, 2.45) is 0 Å². The van der Waals surface area contributed by atoms with Gasteiger partial charge in [0.15, 0.2) is 5.65 Å². The Morgan fingerprint density at radius 1 is 0.917 bits per heavy atom. The van der Waals surface area contributed by atoms with Gasteiger partial charge in [0.05, 0.1) is 17.1 Å². The van der Waals surface area contributed by atoms with Crippen LogP contribution in [0.5, 0.6) is 0 Å². The molecule has 0 radical (unpaired) electrons. The summed E-state index contributed by atoms with van der Waals surface area (Å²) in [6, 6.07) is 23.0. The van der Waals surface area contributed by atoms with E-state index in [1.54, 1.807) is 12.4 Å². The third kappa shape index (κ3) is 4.79. The first-order valence-electron chi connectivity index (χ1n) is 12.1. The second-order valence-corrected chi connectivity index (χ2v) is 8.88. The number of amides is 1. The van der Waals surface area contributed by atoms with Crippen LogP contribution in [0, 0.1) is 0 Å². The van der Waals surface area contributed by atoms with Crippen LogP contribution in [0.2, 0.25) is 0 Å². The number of fused-ring (bicyclic) bond motifs is 1. The molecule has 0 atom stereocenters. The maximum absolute atomic E-state index is 12.6. The quantitative estimate of drug-likeness (QED) is 0.335. The van der Waals surface area contributed by atoms with Crippen molar-refractivity contribution in [2.45, 2.75) is 25.2 Å². The predicted octanol–water partition coefficient (Wildman–Crippen LogP) is 4.78. The molecule has 1 aromatic carbocycles. The normalized spacial score (nSPS) is 13.0. The van der Waals surface area contributed by atoms with E-state index in [1.165, 1.54) is 12.8 Å². The van der Waals surface area contributed by atoms with E-state index in [4.69, 9.17) is 10.1 Å². The zero-order valence-corrected chi connectivity index (χ0v) is 19.6. The first-order chi connectivity index (χ1) is 17.7. The summed E-state index contributed by atoms with van der Waals surface area (Å²) in [6.45, 7) is 0.532. The van der Waals surface area contributed by atoms with Crippen LogP contribution >= 0.6 is 0 Å². The van der Waals surface area contributed by atoms with Crippen molar-refractivity contribution in [1.82, 2.24) is 29.9 Å². The standard InChI is InChI=1S/C28H25N7O/c36-28(31-16-13-21-5-1-3-14-29-21)20-9-11-22(12-10-20)32-26-18-25(23-6-2-4-15-30-23)33-27-17-24(19-7-8-19)34-35(26)27/h1-6,9-12,14-15,17-19,32H,7-8,13,16H2,(H,31,36). The van der Waals surface area contributed by atoms with E-state index in [0.29, 0.717) is 24.4 Å². The first-order valence-corrected chi connectivity index (χ1v) is 12.1. The van der Waals surface area contributed by atoms with Gasteiger partial charge in [-0.05, 0) is 61.4 Å². The third-order valence-electron chi connectivity index (χ3n) is 6.18. The average Bonchev–Trinajstić information content (AvgIpc) is 3.69. The van der Waals surface area contributed by atoms with Crippen LogP contribution in [0.3, 0.4) is 0 Å². The lowest BCUT2D eigenvalue weighted by Gasteiger charge is -2.11. The Bertz CT molecular complexity index is 1490. The van der Waals surface area contributed by atoms with Crippen molar-refractivity contribution in [3.8, 4) is 11.4 Å². The second-order valence-electron chi connectivity index (χ2n) is 8.88. The van der Waals surface area contributed by atoms with E-state index in [9.17, 15) is 4.79 Å². The molecule has 0 spiro atoms. The number of benzene rings is 1. The fourth-order valence-electron chi connectivity index (χ4n) is 4.11. The molecular formula is C28H25N7O. The van der Waals surface area contributed by atoms with Gasteiger partial charge >= 0.3 is 0 Å². The molecule has 4 aromatic heterocycles. The average molecular weight is 476 g/mol. The van der Waals surface area contributed by atoms with Crippen molar-refractivity contribution in [3.05, 3.63) is 102 Å². The molecule has 0 unspecified atom stereocenters. The van der Waals surface area contributed by atoms with Gasteiger partial charge in [0.2, 0.25) is 0 Å². The van der Waals surface area contributed by atoms with Crippen molar-refractivity contribution in [1.29, 1.82) is 0 Å². The topological polar surface area (TPSA) is 97.1 Å². The molecule has 0 bridgehead atoms. The maximum Gasteiger partial charge on any atom is 0.251 e. The molecule has 1 amide bonds. The van der Waals surface area contributed by atoms with Crippen molar-refractivity contribution in [2.75, 3.05) is 11.9 Å². The van der Waals surface area contributed by atoms with E-state index >= 15 is 0 Å². The van der Waals surface area contributed by atoms with Crippen LogP contribution in [0.1, 0.15) is 40.5 Å². The molecular weight excluding hydrogens is 450 g/mol. The highest BCUT2D eigenvalue weighted by Gasteiger charge is 2.27. The Balaban J connectivity index is 1.20. The van der Waals surface area contributed by atoms with Crippen LogP contribution in [0.15, 0.2) is 85.2 Å². The second kappa shape index (κ2) is 9.58. The molecule has 36 heavy (non-hydrogen) atoms. The summed E-state index contributed by atoms with van der Waals surface area (Å²) in [5.41, 5.74) is 5.84. The Labute approximate surface area is 208 Å². The summed E-state index contributed by atoms with van der Waals surface area (Å²) < 4.78 is 1.85. The number of carbonyl (C=O) groups excluding carboxylic acids is 1. The lowest BCUT2D eigenvalue weighted by Crippen LogP contribution is -2.25. The minimum atomic E-state index is -0.109. The molecule has 4 heterocycles. The Kier molecular flexibility index (Phi) is 5.83. The summed E-state index contributed by atoms with van der Waals surface area (Å²) in [6.07, 6.45) is 6.56. The lowest BCUT2D eigenvalue weighted by atomic mass is 10.2. The van der Waals surface area contributed by atoms with Gasteiger partial charge in [-0.2, -0.15) is 9.61 Å². The van der Waals surface area contributed by atoms with Gasteiger partial charge < -0.3 is 10.6 Å². The number of anilines is 2. The SMILES string of the molecule is O=C(NCCc1ccccn1)c1ccc(Nc2cc(-c3ccccn3)nc3cc(C4CC4)nn23)cc1. The molecule has 5 aromatic rings.